The lowest BCUT2D eigenvalue weighted by atomic mass is 10.1. The van der Waals surface area contributed by atoms with Crippen molar-refractivity contribution in [3.8, 4) is 17.0 Å². The molecule has 0 amide bonds. The van der Waals surface area contributed by atoms with E-state index in [1.807, 2.05) is 0 Å². The minimum Gasteiger partial charge on any atom is -0.496 e. The summed E-state index contributed by atoms with van der Waals surface area (Å²) in [5.74, 6) is 0.891. The van der Waals surface area contributed by atoms with Crippen LogP contribution in [-0.4, -0.2) is 24.4 Å². The maximum atomic E-state index is 13.2. The second kappa shape index (κ2) is 4.78. The van der Waals surface area contributed by atoms with Gasteiger partial charge in [-0.2, -0.15) is 0 Å². The van der Waals surface area contributed by atoms with Crippen LogP contribution < -0.4 is 10.1 Å². The number of anilines is 1. The highest BCUT2D eigenvalue weighted by Crippen LogP contribution is 2.28. The molecule has 0 aliphatic rings. The molecule has 1 aromatic heterocycles. The van der Waals surface area contributed by atoms with E-state index in [9.17, 15) is 4.39 Å². The van der Waals surface area contributed by atoms with Gasteiger partial charge in [-0.25, -0.2) is 4.39 Å². The molecule has 1 aromatic carbocycles. The lowest BCUT2D eigenvalue weighted by Crippen LogP contribution is -1.96. The average molecular weight is 233 g/mol. The molecule has 0 fully saturated rings. The zero-order valence-electron chi connectivity index (χ0n) is 9.57. The largest absolute Gasteiger partial charge is 0.496 e. The Balaban J connectivity index is 2.47. The molecule has 0 bridgehead atoms. The predicted octanol–water partition coefficient (Wildman–Crippen LogP) is 2.33. The van der Waals surface area contributed by atoms with Crippen LogP contribution in [0.25, 0.3) is 11.3 Å². The summed E-state index contributed by atoms with van der Waals surface area (Å²) in [7, 11) is 3.29. The third-order valence-corrected chi connectivity index (χ3v) is 2.36. The number of nitrogens with one attached hydrogen (secondary N) is 1. The zero-order valence-corrected chi connectivity index (χ0v) is 9.57. The summed E-state index contributed by atoms with van der Waals surface area (Å²) in [5.41, 5.74) is 1.16. The Kier molecular flexibility index (Phi) is 3.18. The van der Waals surface area contributed by atoms with Crippen LogP contribution in [0.15, 0.2) is 30.3 Å². The van der Waals surface area contributed by atoms with Gasteiger partial charge in [-0.15, -0.1) is 10.2 Å². The lowest BCUT2D eigenvalue weighted by Gasteiger charge is -2.07. The summed E-state index contributed by atoms with van der Waals surface area (Å²) in [6.07, 6.45) is 0. The Morgan fingerprint density at radius 2 is 2.00 bits per heavy atom. The molecule has 0 atom stereocenters. The van der Waals surface area contributed by atoms with Crippen LogP contribution in [0, 0.1) is 5.82 Å². The Bertz CT molecular complexity index is 514. The fraction of sp³-hybridized carbons (Fsp3) is 0.167. The van der Waals surface area contributed by atoms with Crippen molar-refractivity contribution in [1.29, 1.82) is 0 Å². The summed E-state index contributed by atoms with van der Waals surface area (Å²) in [6.45, 7) is 0. The van der Waals surface area contributed by atoms with Gasteiger partial charge in [0.25, 0.3) is 0 Å². The first-order valence-corrected chi connectivity index (χ1v) is 5.10. The molecule has 0 spiro atoms. The van der Waals surface area contributed by atoms with Gasteiger partial charge in [-0.1, -0.05) is 0 Å². The highest BCUT2D eigenvalue weighted by Gasteiger charge is 2.09. The Labute approximate surface area is 98.5 Å². The Hall–Kier alpha value is -2.17. The molecule has 0 saturated heterocycles. The van der Waals surface area contributed by atoms with Crippen molar-refractivity contribution in [2.45, 2.75) is 0 Å². The van der Waals surface area contributed by atoms with Crippen molar-refractivity contribution in [2.24, 2.45) is 0 Å². The van der Waals surface area contributed by atoms with Gasteiger partial charge >= 0.3 is 0 Å². The molecule has 5 heteroatoms. The molecule has 0 radical (unpaired) electrons. The summed E-state index contributed by atoms with van der Waals surface area (Å²) < 4.78 is 18.4. The topological polar surface area (TPSA) is 47.0 Å². The number of nitrogens with zero attached hydrogens (tertiary/aromatic N) is 2. The van der Waals surface area contributed by atoms with E-state index in [4.69, 9.17) is 4.74 Å². The minimum absolute atomic E-state index is 0.333. The third-order valence-electron chi connectivity index (χ3n) is 2.36. The van der Waals surface area contributed by atoms with Crippen molar-refractivity contribution >= 4 is 5.82 Å². The van der Waals surface area contributed by atoms with Crippen molar-refractivity contribution in [3.63, 3.8) is 0 Å². The molecule has 88 valence electrons. The fourth-order valence-corrected chi connectivity index (χ4v) is 1.49. The van der Waals surface area contributed by atoms with Gasteiger partial charge in [-0.05, 0) is 30.3 Å². The number of aromatic nitrogens is 2. The molecule has 2 aromatic rings. The van der Waals surface area contributed by atoms with E-state index in [2.05, 4.69) is 15.5 Å². The highest BCUT2D eigenvalue weighted by atomic mass is 19.1. The van der Waals surface area contributed by atoms with Crippen molar-refractivity contribution in [3.05, 3.63) is 36.1 Å². The predicted molar refractivity (Wildman–Crippen MR) is 63.5 cm³/mol. The summed E-state index contributed by atoms with van der Waals surface area (Å²) in [4.78, 5) is 0. The third kappa shape index (κ3) is 2.33. The van der Waals surface area contributed by atoms with Crippen molar-refractivity contribution in [2.75, 3.05) is 19.5 Å². The van der Waals surface area contributed by atoms with E-state index in [-0.39, 0.29) is 5.82 Å². The van der Waals surface area contributed by atoms with Gasteiger partial charge in [0.2, 0.25) is 0 Å². The molecule has 17 heavy (non-hydrogen) atoms. The number of benzene rings is 1. The quantitative estimate of drug-likeness (QED) is 0.883. The molecular weight excluding hydrogens is 221 g/mol. The average Bonchev–Trinajstić information content (AvgIpc) is 2.39. The van der Waals surface area contributed by atoms with Crippen LogP contribution in [0.5, 0.6) is 5.75 Å². The molecule has 0 saturated carbocycles. The van der Waals surface area contributed by atoms with Gasteiger partial charge in [0.1, 0.15) is 17.4 Å². The molecule has 0 aliphatic carbocycles. The van der Waals surface area contributed by atoms with E-state index >= 15 is 0 Å². The first-order valence-electron chi connectivity index (χ1n) is 5.10. The highest BCUT2D eigenvalue weighted by molar-refractivity contribution is 5.67. The molecule has 1 heterocycles. The van der Waals surface area contributed by atoms with Gasteiger partial charge in [-0.3, -0.25) is 0 Å². The smallest absolute Gasteiger partial charge is 0.148 e. The Morgan fingerprint density at radius 1 is 1.18 bits per heavy atom. The van der Waals surface area contributed by atoms with E-state index in [1.165, 1.54) is 19.2 Å². The SMILES string of the molecule is CNc1ccc(-c2cc(F)ccc2OC)nn1. The maximum Gasteiger partial charge on any atom is 0.148 e. The summed E-state index contributed by atoms with van der Waals surface area (Å²) in [6, 6.07) is 7.82. The molecule has 0 unspecified atom stereocenters. The summed E-state index contributed by atoms with van der Waals surface area (Å²) >= 11 is 0. The van der Waals surface area contributed by atoms with E-state index < -0.39 is 0 Å². The van der Waals surface area contributed by atoms with Crippen LogP contribution in [-0.2, 0) is 0 Å². The monoisotopic (exact) mass is 233 g/mol. The van der Waals surface area contributed by atoms with E-state index in [1.54, 1.807) is 25.2 Å². The van der Waals surface area contributed by atoms with Crippen molar-refractivity contribution in [1.82, 2.24) is 10.2 Å². The lowest BCUT2D eigenvalue weighted by molar-refractivity contribution is 0.415. The first kappa shape index (κ1) is 11.3. The number of hydrogen-bond acceptors (Lipinski definition) is 4. The second-order valence-corrected chi connectivity index (χ2v) is 3.40. The Morgan fingerprint density at radius 3 is 2.59 bits per heavy atom. The molecule has 2 rings (SSSR count). The number of ether oxygens (including phenoxy) is 1. The van der Waals surface area contributed by atoms with Crippen molar-refractivity contribution < 1.29 is 9.13 Å². The van der Waals surface area contributed by atoms with Crippen LogP contribution in [0.2, 0.25) is 0 Å². The van der Waals surface area contributed by atoms with Crippen LogP contribution in [0.1, 0.15) is 0 Å². The van der Waals surface area contributed by atoms with E-state index in [0.717, 1.165) is 0 Å². The normalized spacial score (nSPS) is 10.1. The zero-order chi connectivity index (χ0) is 12.3. The number of rotatable bonds is 3. The molecule has 4 nitrogen and oxygen atoms in total. The fourth-order valence-electron chi connectivity index (χ4n) is 1.49. The van der Waals surface area contributed by atoms with Gasteiger partial charge in [0.15, 0.2) is 0 Å². The molecule has 1 N–H and O–H groups in total. The number of hydrogen-bond donors (Lipinski definition) is 1. The van der Waals surface area contributed by atoms with Gasteiger partial charge < -0.3 is 10.1 Å². The van der Waals surface area contributed by atoms with E-state index in [0.29, 0.717) is 22.8 Å². The standard InChI is InChI=1S/C12H12FN3O/c1-14-12-6-4-10(15-16-12)9-7-8(13)3-5-11(9)17-2/h3-7H,1-2H3,(H,14,16). The van der Waals surface area contributed by atoms with Gasteiger partial charge in [0.05, 0.1) is 12.8 Å². The second-order valence-electron chi connectivity index (χ2n) is 3.40. The van der Waals surface area contributed by atoms with Crippen LogP contribution in [0.4, 0.5) is 10.2 Å². The van der Waals surface area contributed by atoms with Crippen LogP contribution in [0.3, 0.4) is 0 Å². The minimum atomic E-state index is -0.333. The summed E-state index contributed by atoms with van der Waals surface area (Å²) in [5, 5.41) is 10.8. The van der Waals surface area contributed by atoms with Crippen LogP contribution >= 0.6 is 0 Å². The molecular formula is C12H12FN3O. The number of halogens is 1. The first-order chi connectivity index (χ1) is 8.24. The molecule has 0 aliphatic heterocycles. The van der Waals surface area contributed by atoms with Gasteiger partial charge in [0, 0.05) is 12.6 Å². The number of methoxy groups -OCH3 is 1. The maximum absolute atomic E-state index is 13.2.